The first-order chi connectivity index (χ1) is 9.00. The highest BCUT2D eigenvalue weighted by Gasteiger charge is 2.26. The second-order valence-electron chi connectivity index (χ2n) is 4.87. The summed E-state index contributed by atoms with van der Waals surface area (Å²) in [5.41, 5.74) is -0.0108. The number of hydrogen-bond acceptors (Lipinski definition) is 3. The maximum Gasteiger partial charge on any atom is 0.288 e. The predicted molar refractivity (Wildman–Crippen MR) is 72.4 cm³/mol. The van der Waals surface area contributed by atoms with Gasteiger partial charge in [0, 0.05) is 19.2 Å². The quantitative estimate of drug-likeness (QED) is 0.618. The van der Waals surface area contributed by atoms with E-state index < -0.39 is 4.92 Å². The van der Waals surface area contributed by atoms with Crippen LogP contribution in [0.3, 0.4) is 0 Å². The molecule has 2 rings (SSSR count). The molecule has 0 unspecified atom stereocenters. The van der Waals surface area contributed by atoms with Crippen molar-refractivity contribution in [1.82, 2.24) is 4.90 Å². The molecule has 0 radical (unpaired) electrons. The van der Waals surface area contributed by atoms with Gasteiger partial charge in [-0.3, -0.25) is 14.9 Å². The predicted octanol–water partition coefficient (Wildman–Crippen LogP) is 3.12. The fraction of sp³-hybridized carbons (Fsp3) is 0.462. The summed E-state index contributed by atoms with van der Waals surface area (Å²) in [6.45, 7) is 3.51. The molecule has 1 heterocycles. The third-order valence-corrected chi connectivity index (χ3v) is 3.87. The molecule has 1 aromatic rings. The van der Waals surface area contributed by atoms with Gasteiger partial charge < -0.3 is 4.90 Å². The van der Waals surface area contributed by atoms with E-state index in [0.717, 1.165) is 12.8 Å². The van der Waals surface area contributed by atoms with Gasteiger partial charge in [0.25, 0.3) is 11.6 Å². The molecule has 0 aromatic heterocycles. The Morgan fingerprint density at radius 3 is 2.63 bits per heavy atom. The van der Waals surface area contributed by atoms with Crippen LogP contribution >= 0.6 is 11.6 Å². The van der Waals surface area contributed by atoms with Crippen LogP contribution in [0.2, 0.25) is 5.02 Å². The van der Waals surface area contributed by atoms with Crippen LogP contribution in [0.4, 0.5) is 5.69 Å². The van der Waals surface area contributed by atoms with Crippen molar-refractivity contribution in [2.45, 2.75) is 19.8 Å². The molecule has 5 nitrogen and oxygen atoms in total. The highest BCUT2D eigenvalue weighted by molar-refractivity contribution is 6.35. The summed E-state index contributed by atoms with van der Waals surface area (Å²) in [7, 11) is 0. The van der Waals surface area contributed by atoms with Crippen molar-refractivity contribution in [3.63, 3.8) is 0 Å². The number of nitro benzene ring substituents is 1. The van der Waals surface area contributed by atoms with Crippen molar-refractivity contribution in [3.05, 3.63) is 38.9 Å². The highest BCUT2D eigenvalue weighted by Crippen LogP contribution is 2.29. The van der Waals surface area contributed by atoms with Crippen molar-refractivity contribution in [3.8, 4) is 0 Å². The number of halogens is 1. The minimum Gasteiger partial charge on any atom is -0.339 e. The van der Waals surface area contributed by atoms with E-state index in [2.05, 4.69) is 6.92 Å². The average Bonchev–Trinajstić information content (AvgIpc) is 2.38. The molecule has 1 aliphatic rings. The van der Waals surface area contributed by atoms with Gasteiger partial charge in [-0.2, -0.15) is 0 Å². The van der Waals surface area contributed by atoms with Gasteiger partial charge in [0.15, 0.2) is 0 Å². The lowest BCUT2D eigenvalue weighted by atomic mass is 9.98. The van der Waals surface area contributed by atoms with Crippen molar-refractivity contribution >= 4 is 23.2 Å². The number of nitrogens with zero attached hydrogens (tertiary/aromatic N) is 2. The molecule has 1 amide bonds. The Balaban J connectivity index is 2.24. The second-order valence-corrected chi connectivity index (χ2v) is 5.25. The van der Waals surface area contributed by atoms with Gasteiger partial charge in [-0.1, -0.05) is 24.6 Å². The molecule has 19 heavy (non-hydrogen) atoms. The summed E-state index contributed by atoms with van der Waals surface area (Å²) in [5, 5.41) is 10.7. The molecule has 0 bridgehead atoms. The molecular formula is C13H15ClN2O3. The summed E-state index contributed by atoms with van der Waals surface area (Å²) >= 11 is 5.96. The molecule has 1 aliphatic heterocycles. The lowest BCUT2D eigenvalue weighted by Crippen LogP contribution is -2.38. The summed E-state index contributed by atoms with van der Waals surface area (Å²) in [6, 6.07) is 4.33. The van der Waals surface area contributed by atoms with E-state index >= 15 is 0 Å². The van der Waals surface area contributed by atoms with Crippen LogP contribution < -0.4 is 0 Å². The summed E-state index contributed by atoms with van der Waals surface area (Å²) < 4.78 is 0. The highest BCUT2D eigenvalue weighted by atomic mass is 35.5. The second kappa shape index (κ2) is 5.57. The van der Waals surface area contributed by atoms with E-state index in [4.69, 9.17) is 11.6 Å². The van der Waals surface area contributed by atoms with E-state index in [-0.39, 0.29) is 22.2 Å². The Labute approximate surface area is 116 Å². The molecule has 6 heteroatoms. The molecule has 0 spiro atoms. The Kier molecular flexibility index (Phi) is 4.04. The first kappa shape index (κ1) is 13.8. The van der Waals surface area contributed by atoms with Gasteiger partial charge in [-0.25, -0.2) is 0 Å². The number of piperidine rings is 1. The van der Waals surface area contributed by atoms with Crippen molar-refractivity contribution in [2.75, 3.05) is 13.1 Å². The maximum absolute atomic E-state index is 12.3. The number of likely N-dealkylation sites (tertiary alicyclic amines) is 1. The lowest BCUT2D eigenvalue weighted by molar-refractivity contribution is -0.384. The van der Waals surface area contributed by atoms with Crippen LogP contribution in [0.1, 0.15) is 30.1 Å². The first-order valence-electron chi connectivity index (χ1n) is 6.23. The lowest BCUT2D eigenvalue weighted by Gasteiger charge is -2.30. The summed E-state index contributed by atoms with van der Waals surface area (Å²) in [5.74, 6) is 0.394. The van der Waals surface area contributed by atoms with Gasteiger partial charge in [0.05, 0.1) is 10.5 Å². The van der Waals surface area contributed by atoms with Gasteiger partial charge in [-0.15, -0.1) is 0 Å². The number of carbonyl (C=O) groups excluding carboxylic acids is 1. The van der Waals surface area contributed by atoms with E-state index in [0.29, 0.717) is 19.0 Å². The number of rotatable bonds is 2. The zero-order valence-electron chi connectivity index (χ0n) is 10.6. The van der Waals surface area contributed by atoms with Crippen LogP contribution in [0, 0.1) is 16.0 Å². The van der Waals surface area contributed by atoms with Gasteiger partial charge >= 0.3 is 0 Å². The van der Waals surface area contributed by atoms with Gasteiger partial charge in [0.2, 0.25) is 0 Å². The van der Waals surface area contributed by atoms with Crippen molar-refractivity contribution in [1.29, 1.82) is 0 Å². The van der Waals surface area contributed by atoms with Gasteiger partial charge in [-0.05, 0) is 24.8 Å². The van der Waals surface area contributed by atoms with Crippen LogP contribution in [0.5, 0.6) is 0 Å². The zero-order valence-corrected chi connectivity index (χ0v) is 11.4. The minimum atomic E-state index is -0.572. The molecule has 1 fully saturated rings. The fourth-order valence-electron chi connectivity index (χ4n) is 2.21. The molecule has 1 aromatic carbocycles. The molecule has 0 atom stereocenters. The minimum absolute atomic E-state index is 0.0730. The Hall–Kier alpha value is -1.62. The van der Waals surface area contributed by atoms with Crippen LogP contribution in [0.15, 0.2) is 18.2 Å². The summed E-state index contributed by atoms with van der Waals surface area (Å²) in [4.78, 5) is 24.3. The number of nitro groups is 1. The van der Waals surface area contributed by atoms with E-state index in [1.165, 1.54) is 18.2 Å². The van der Waals surface area contributed by atoms with Crippen molar-refractivity contribution < 1.29 is 9.72 Å². The Morgan fingerprint density at radius 2 is 2.05 bits per heavy atom. The third-order valence-electron chi connectivity index (χ3n) is 3.48. The number of amides is 1. The molecule has 0 aliphatic carbocycles. The fourth-order valence-corrected chi connectivity index (χ4v) is 2.48. The summed E-state index contributed by atoms with van der Waals surface area (Å²) in [6.07, 6.45) is 1.91. The van der Waals surface area contributed by atoms with E-state index in [1.807, 2.05) is 0 Å². The van der Waals surface area contributed by atoms with E-state index in [1.54, 1.807) is 4.90 Å². The monoisotopic (exact) mass is 282 g/mol. The normalized spacial score (nSPS) is 16.4. The molecular weight excluding hydrogens is 268 g/mol. The number of hydrogen-bond donors (Lipinski definition) is 0. The Bertz CT molecular complexity index is 511. The molecule has 1 saturated heterocycles. The number of benzene rings is 1. The zero-order chi connectivity index (χ0) is 14.0. The molecule has 102 valence electrons. The van der Waals surface area contributed by atoms with Crippen LogP contribution in [-0.4, -0.2) is 28.8 Å². The van der Waals surface area contributed by atoms with Crippen LogP contribution in [-0.2, 0) is 0 Å². The van der Waals surface area contributed by atoms with Crippen LogP contribution in [0.25, 0.3) is 0 Å². The first-order valence-corrected chi connectivity index (χ1v) is 6.60. The smallest absolute Gasteiger partial charge is 0.288 e. The van der Waals surface area contributed by atoms with Gasteiger partial charge in [0.1, 0.15) is 5.02 Å². The van der Waals surface area contributed by atoms with E-state index in [9.17, 15) is 14.9 Å². The topological polar surface area (TPSA) is 63.5 Å². The number of carbonyl (C=O) groups is 1. The molecule has 0 N–H and O–H groups in total. The maximum atomic E-state index is 12.3. The SMILES string of the molecule is CC1CCN(C(=O)c2cccc([N+](=O)[O-])c2Cl)CC1. The average molecular weight is 283 g/mol. The standard InChI is InChI=1S/C13H15ClN2O3/c1-9-5-7-15(8-6-9)13(17)10-3-2-4-11(12(10)14)16(18)19/h2-4,9H,5-8H2,1H3. The molecule has 0 saturated carbocycles. The Morgan fingerprint density at radius 1 is 1.42 bits per heavy atom. The largest absolute Gasteiger partial charge is 0.339 e. The van der Waals surface area contributed by atoms with Crippen molar-refractivity contribution in [2.24, 2.45) is 5.92 Å². The third kappa shape index (κ3) is 2.87.